The van der Waals surface area contributed by atoms with E-state index in [-0.39, 0.29) is 23.8 Å². The summed E-state index contributed by atoms with van der Waals surface area (Å²) in [5.41, 5.74) is 2.31. The van der Waals surface area contributed by atoms with E-state index in [1.165, 1.54) is 12.1 Å². The summed E-state index contributed by atoms with van der Waals surface area (Å²) in [5, 5.41) is 5.41. The molecule has 10 heteroatoms. The molecule has 0 aliphatic carbocycles. The molecule has 5 rings (SSSR count). The Hall–Kier alpha value is -4.24. The van der Waals surface area contributed by atoms with Gasteiger partial charge in [-0.1, -0.05) is 18.2 Å². The molecule has 42 heavy (non-hydrogen) atoms. The van der Waals surface area contributed by atoms with Crippen LogP contribution < -0.4 is 4.74 Å². The van der Waals surface area contributed by atoms with Gasteiger partial charge in [-0.25, -0.2) is 14.2 Å². The van der Waals surface area contributed by atoms with Crippen molar-refractivity contribution in [3.05, 3.63) is 82.9 Å². The van der Waals surface area contributed by atoms with Crippen LogP contribution in [0.2, 0.25) is 5.02 Å². The van der Waals surface area contributed by atoms with Crippen molar-refractivity contribution in [1.29, 1.82) is 0 Å². The fraction of sp³-hybridized carbons (Fsp3) is 0.312. The van der Waals surface area contributed by atoms with Crippen molar-refractivity contribution < 1.29 is 23.5 Å². The number of likely N-dealkylation sites (tertiary alicyclic amines) is 1. The Morgan fingerprint density at radius 1 is 1.10 bits per heavy atom. The third-order valence-corrected chi connectivity index (χ3v) is 7.19. The number of aromatic nitrogens is 3. The zero-order chi connectivity index (χ0) is 30.2. The van der Waals surface area contributed by atoms with Crippen molar-refractivity contribution in [1.82, 2.24) is 19.7 Å². The van der Waals surface area contributed by atoms with Crippen molar-refractivity contribution >= 4 is 40.2 Å². The molecule has 3 heterocycles. The highest BCUT2D eigenvalue weighted by atomic mass is 35.5. The van der Waals surface area contributed by atoms with Gasteiger partial charge in [0.15, 0.2) is 5.65 Å². The van der Waals surface area contributed by atoms with Gasteiger partial charge in [0.2, 0.25) is 0 Å². The summed E-state index contributed by atoms with van der Waals surface area (Å²) in [4.78, 5) is 32.1. The number of allylic oxidation sites excluding steroid dienone is 1. The molecule has 218 valence electrons. The summed E-state index contributed by atoms with van der Waals surface area (Å²) in [6.07, 6.45) is 2.78. The van der Waals surface area contributed by atoms with Gasteiger partial charge in [-0.05, 0) is 88.1 Å². The molecule has 0 spiro atoms. The lowest BCUT2D eigenvalue weighted by Crippen LogP contribution is -2.28. The van der Waals surface area contributed by atoms with Gasteiger partial charge in [0.05, 0.1) is 5.02 Å². The predicted molar refractivity (Wildman–Crippen MR) is 160 cm³/mol. The Kier molecular flexibility index (Phi) is 8.06. The fourth-order valence-corrected chi connectivity index (χ4v) is 5.19. The van der Waals surface area contributed by atoms with Gasteiger partial charge in [-0.2, -0.15) is 5.10 Å². The molecule has 1 aliphatic heterocycles. The number of amides is 1. The smallest absolute Gasteiger partial charge is 0.437 e. The largest absolute Gasteiger partial charge is 0.486 e. The topological polar surface area (TPSA) is 86.6 Å². The molecule has 0 unspecified atom stereocenters. The van der Waals surface area contributed by atoms with Crippen LogP contribution in [0.1, 0.15) is 62.2 Å². The zero-order valence-corrected chi connectivity index (χ0v) is 24.8. The standard InChI is InChI=1S/C32H32ClFN4O4/c1-19(2)22-16-24(23-15-20(10-11-26(23)34)30(39)37-13-6-7-14-37)28(17-25(22)33)41-18-27-21-9-8-12-35-29(21)38(36-27)31(40)42-32(3,4)5/h8-12,15-17H,1,6-7,13-14,18H2,2-5H3. The molecular formula is C32H32ClFN4O4. The molecule has 0 atom stereocenters. The lowest BCUT2D eigenvalue weighted by molar-refractivity contribution is 0.0520. The molecule has 0 saturated carbocycles. The van der Waals surface area contributed by atoms with Gasteiger partial charge in [-0.3, -0.25) is 4.79 Å². The zero-order valence-electron chi connectivity index (χ0n) is 24.0. The third-order valence-electron chi connectivity index (χ3n) is 6.88. The van der Waals surface area contributed by atoms with Crippen molar-refractivity contribution in [2.24, 2.45) is 0 Å². The summed E-state index contributed by atoms with van der Waals surface area (Å²) in [7, 11) is 0. The summed E-state index contributed by atoms with van der Waals surface area (Å²) in [6, 6.07) is 11.2. The lowest BCUT2D eigenvalue weighted by atomic mass is 9.97. The van der Waals surface area contributed by atoms with Crippen molar-refractivity contribution in [3.63, 3.8) is 0 Å². The highest BCUT2D eigenvalue weighted by Crippen LogP contribution is 2.39. The average molecular weight is 591 g/mol. The van der Waals surface area contributed by atoms with Gasteiger partial charge in [0.1, 0.15) is 29.5 Å². The lowest BCUT2D eigenvalue weighted by Gasteiger charge is -2.19. The van der Waals surface area contributed by atoms with Gasteiger partial charge >= 0.3 is 6.09 Å². The van der Waals surface area contributed by atoms with Crippen LogP contribution in [0, 0.1) is 5.82 Å². The molecular weight excluding hydrogens is 559 g/mol. The van der Waals surface area contributed by atoms with Crippen LogP contribution >= 0.6 is 11.6 Å². The maximum atomic E-state index is 15.4. The number of fused-ring (bicyclic) bond motifs is 1. The molecule has 1 fully saturated rings. The van der Waals surface area contributed by atoms with Crippen LogP contribution in [0.3, 0.4) is 0 Å². The van der Waals surface area contributed by atoms with E-state index >= 15 is 4.39 Å². The molecule has 0 bridgehead atoms. The molecule has 1 saturated heterocycles. The van der Waals surface area contributed by atoms with Crippen LogP contribution in [-0.4, -0.2) is 50.4 Å². The quantitative estimate of drug-likeness (QED) is 0.231. The van der Waals surface area contributed by atoms with Gasteiger partial charge in [-0.15, -0.1) is 4.68 Å². The minimum atomic E-state index is -0.730. The predicted octanol–water partition coefficient (Wildman–Crippen LogP) is 7.52. The Labute approximate surface area is 248 Å². The fourth-order valence-electron chi connectivity index (χ4n) is 4.88. The van der Waals surface area contributed by atoms with Gasteiger partial charge < -0.3 is 14.4 Å². The van der Waals surface area contributed by atoms with Crippen LogP contribution in [0.5, 0.6) is 5.75 Å². The number of nitrogens with zero attached hydrogens (tertiary/aromatic N) is 4. The first kappa shape index (κ1) is 29.3. The summed E-state index contributed by atoms with van der Waals surface area (Å²) < 4.78 is 28.2. The Morgan fingerprint density at radius 2 is 1.83 bits per heavy atom. The molecule has 2 aromatic carbocycles. The number of rotatable bonds is 6. The van der Waals surface area contributed by atoms with Crippen LogP contribution in [0.15, 0.2) is 55.2 Å². The van der Waals surface area contributed by atoms with Crippen molar-refractivity contribution in [2.45, 2.75) is 52.7 Å². The van der Waals surface area contributed by atoms with Crippen LogP contribution in [-0.2, 0) is 11.3 Å². The normalized spacial score (nSPS) is 13.4. The highest BCUT2D eigenvalue weighted by molar-refractivity contribution is 6.32. The van der Waals surface area contributed by atoms with E-state index in [1.807, 2.05) is 0 Å². The molecule has 8 nitrogen and oxygen atoms in total. The molecule has 1 amide bonds. The molecule has 4 aromatic rings. The average Bonchev–Trinajstić information content (AvgIpc) is 3.60. The van der Waals surface area contributed by atoms with E-state index in [2.05, 4.69) is 16.7 Å². The van der Waals surface area contributed by atoms with Crippen molar-refractivity contribution in [3.8, 4) is 16.9 Å². The summed E-state index contributed by atoms with van der Waals surface area (Å²) >= 11 is 6.59. The Morgan fingerprint density at radius 3 is 2.52 bits per heavy atom. The number of hydrogen-bond donors (Lipinski definition) is 0. The number of halogens is 2. The molecule has 1 aliphatic rings. The Balaban J connectivity index is 1.54. The van der Waals surface area contributed by atoms with E-state index in [0.29, 0.717) is 57.1 Å². The van der Waals surface area contributed by atoms with Crippen LogP contribution in [0.4, 0.5) is 9.18 Å². The SMILES string of the molecule is C=C(C)c1cc(-c2cc(C(=O)N3CCCC3)ccc2F)c(OCc2nn(C(=O)OC(C)(C)C)c3ncccc23)cc1Cl. The number of carbonyl (C=O) groups is 2. The minimum Gasteiger partial charge on any atom is -0.486 e. The van der Waals surface area contributed by atoms with Gasteiger partial charge in [0.25, 0.3) is 5.91 Å². The Bertz CT molecular complexity index is 1700. The number of hydrogen-bond acceptors (Lipinski definition) is 6. The number of benzene rings is 2. The maximum Gasteiger partial charge on any atom is 0.437 e. The third kappa shape index (κ3) is 6.01. The van der Waals surface area contributed by atoms with E-state index in [9.17, 15) is 9.59 Å². The molecule has 0 radical (unpaired) electrons. The van der Waals surface area contributed by atoms with Crippen molar-refractivity contribution in [2.75, 3.05) is 13.1 Å². The first-order valence-electron chi connectivity index (χ1n) is 13.7. The first-order chi connectivity index (χ1) is 19.9. The second-order valence-electron chi connectivity index (χ2n) is 11.3. The van der Waals surface area contributed by atoms with E-state index in [0.717, 1.165) is 17.5 Å². The number of pyridine rings is 1. The highest BCUT2D eigenvalue weighted by Gasteiger charge is 2.25. The summed E-state index contributed by atoms with van der Waals surface area (Å²) in [6.45, 7) is 12.4. The number of ether oxygens (including phenoxy) is 2. The maximum absolute atomic E-state index is 15.4. The second kappa shape index (κ2) is 11.6. The molecule has 2 aromatic heterocycles. The van der Waals surface area contributed by atoms with Gasteiger partial charge in [0, 0.05) is 47.4 Å². The van der Waals surface area contributed by atoms with E-state index in [4.69, 9.17) is 21.1 Å². The van der Waals surface area contributed by atoms with E-state index < -0.39 is 17.5 Å². The minimum absolute atomic E-state index is 0.0816. The monoisotopic (exact) mass is 590 g/mol. The molecule has 0 N–H and O–H groups in total. The van der Waals surface area contributed by atoms with Crippen LogP contribution in [0.25, 0.3) is 27.7 Å². The number of carbonyl (C=O) groups excluding carboxylic acids is 2. The van der Waals surface area contributed by atoms with E-state index in [1.54, 1.807) is 69.1 Å². The summed E-state index contributed by atoms with van der Waals surface area (Å²) in [5.74, 6) is -0.382. The first-order valence-corrected chi connectivity index (χ1v) is 14.1. The second-order valence-corrected chi connectivity index (χ2v) is 11.7.